The molecule has 0 aromatic carbocycles. The Kier molecular flexibility index (Phi) is 4.85. The second-order valence-electron chi connectivity index (χ2n) is 9.23. The summed E-state index contributed by atoms with van der Waals surface area (Å²) in [5, 5.41) is 4.04. The number of nitrogens with one attached hydrogen (secondary N) is 1. The van der Waals surface area contributed by atoms with E-state index in [1.165, 1.54) is 100 Å². The molecular weight excluding hydrogens is 318 g/mol. The Balaban J connectivity index is 1.56. The lowest BCUT2D eigenvalue weighted by Crippen LogP contribution is -2.31. The lowest BCUT2D eigenvalue weighted by molar-refractivity contribution is 0.160. The maximum Gasteiger partial charge on any atom is 0.109 e. The number of rotatable bonds is 0. The maximum absolute atomic E-state index is 6.32. The van der Waals surface area contributed by atoms with Gasteiger partial charge in [-0.3, -0.25) is 0 Å². The highest BCUT2D eigenvalue weighted by Crippen LogP contribution is 2.52. The molecule has 2 nitrogen and oxygen atoms in total. The molecule has 4 unspecified atom stereocenters. The van der Waals surface area contributed by atoms with E-state index in [0.29, 0.717) is 12.0 Å². The van der Waals surface area contributed by atoms with Crippen LogP contribution < -0.4 is 5.32 Å². The van der Waals surface area contributed by atoms with Gasteiger partial charge < -0.3 is 10.1 Å². The highest BCUT2D eigenvalue weighted by Gasteiger charge is 2.46. The molecule has 0 spiro atoms. The number of allylic oxidation sites excluding steroid dienone is 2. The van der Waals surface area contributed by atoms with Gasteiger partial charge in [0.25, 0.3) is 0 Å². The van der Waals surface area contributed by atoms with Crippen molar-refractivity contribution >= 4 is 0 Å². The van der Waals surface area contributed by atoms with Gasteiger partial charge in [-0.05, 0) is 43.3 Å². The molecule has 0 bridgehead atoms. The third-order valence-electron chi connectivity index (χ3n) is 7.69. The van der Waals surface area contributed by atoms with Crippen molar-refractivity contribution in [3.63, 3.8) is 0 Å². The summed E-state index contributed by atoms with van der Waals surface area (Å²) < 4.78 is 6.32. The predicted molar refractivity (Wildman–Crippen MR) is 107 cm³/mol. The van der Waals surface area contributed by atoms with Crippen LogP contribution in [0.1, 0.15) is 83.5 Å². The van der Waals surface area contributed by atoms with Gasteiger partial charge >= 0.3 is 0 Å². The molecule has 26 heavy (non-hydrogen) atoms. The van der Waals surface area contributed by atoms with Crippen molar-refractivity contribution in [2.75, 3.05) is 6.61 Å². The van der Waals surface area contributed by atoms with Crippen LogP contribution in [0.15, 0.2) is 34.8 Å². The molecule has 2 saturated carbocycles. The van der Waals surface area contributed by atoms with E-state index in [4.69, 9.17) is 4.74 Å². The van der Waals surface area contributed by atoms with Crippen molar-refractivity contribution in [2.24, 2.45) is 17.8 Å². The van der Waals surface area contributed by atoms with Gasteiger partial charge in [-0.1, -0.05) is 63.9 Å². The van der Waals surface area contributed by atoms with Gasteiger partial charge in [0.05, 0.1) is 0 Å². The normalized spacial score (nSPS) is 37.5. The Morgan fingerprint density at radius 3 is 2.19 bits per heavy atom. The molecule has 1 N–H and O–H groups in total. The van der Waals surface area contributed by atoms with Crippen molar-refractivity contribution in [3.05, 3.63) is 34.8 Å². The zero-order valence-electron chi connectivity index (χ0n) is 16.3. The van der Waals surface area contributed by atoms with E-state index in [0.717, 1.165) is 18.4 Å². The van der Waals surface area contributed by atoms with Crippen LogP contribution in [0.3, 0.4) is 0 Å². The van der Waals surface area contributed by atoms with E-state index >= 15 is 0 Å². The van der Waals surface area contributed by atoms with Gasteiger partial charge in [-0.15, -0.1) is 0 Å². The minimum absolute atomic E-state index is 0.651. The monoisotopic (exact) mass is 353 g/mol. The quantitative estimate of drug-likeness (QED) is 0.575. The summed E-state index contributed by atoms with van der Waals surface area (Å²) in [6.45, 7) is 0.775. The maximum atomic E-state index is 6.32. The van der Waals surface area contributed by atoms with Gasteiger partial charge in [-0.25, -0.2) is 0 Å². The van der Waals surface area contributed by atoms with E-state index in [1.807, 2.05) is 5.57 Å². The van der Waals surface area contributed by atoms with Gasteiger partial charge in [-0.2, -0.15) is 0 Å². The number of hydrogen-bond donors (Lipinski definition) is 1. The van der Waals surface area contributed by atoms with E-state index in [-0.39, 0.29) is 0 Å². The van der Waals surface area contributed by atoms with Gasteiger partial charge in [0.15, 0.2) is 0 Å². The lowest BCUT2D eigenvalue weighted by atomic mass is 9.68. The van der Waals surface area contributed by atoms with Crippen molar-refractivity contribution in [2.45, 2.75) is 89.5 Å². The summed E-state index contributed by atoms with van der Waals surface area (Å²) in [6, 6.07) is 0.691. The van der Waals surface area contributed by atoms with Crippen LogP contribution in [0.4, 0.5) is 0 Å². The zero-order valence-corrected chi connectivity index (χ0v) is 16.3. The van der Waals surface area contributed by atoms with Gasteiger partial charge in [0.2, 0.25) is 0 Å². The van der Waals surface area contributed by atoms with Crippen LogP contribution in [0.2, 0.25) is 0 Å². The van der Waals surface area contributed by atoms with Gasteiger partial charge in [0.1, 0.15) is 12.4 Å². The van der Waals surface area contributed by atoms with E-state index in [2.05, 4.69) is 17.5 Å². The third-order valence-corrected chi connectivity index (χ3v) is 7.69. The summed E-state index contributed by atoms with van der Waals surface area (Å²) >= 11 is 0. The largest absolute Gasteiger partial charge is 0.493 e. The zero-order chi connectivity index (χ0) is 17.3. The highest BCUT2D eigenvalue weighted by molar-refractivity contribution is 5.53. The molecule has 2 heterocycles. The topological polar surface area (TPSA) is 21.3 Å². The Labute approximate surface area is 159 Å². The van der Waals surface area contributed by atoms with Crippen LogP contribution >= 0.6 is 0 Å². The van der Waals surface area contributed by atoms with Crippen molar-refractivity contribution in [3.8, 4) is 0 Å². The van der Waals surface area contributed by atoms with Crippen molar-refractivity contribution in [1.82, 2.24) is 5.32 Å². The first-order chi connectivity index (χ1) is 12.9. The Morgan fingerprint density at radius 1 is 0.731 bits per heavy atom. The van der Waals surface area contributed by atoms with E-state index in [9.17, 15) is 0 Å². The molecular formula is C24H35NO. The van der Waals surface area contributed by atoms with E-state index in [1.54, 1.807) is 0 Å². The fourth-order valence-corrected chi connectivity index (χ4v) is 6.50. The number of fused-ring (bicyclic) bond motifs is 6. The molecule has 2 heteroatoms. The first-order valence-electron chi connectivity index (χ1n) is 11.5. The lowest BCUT2D eigenvalue weighted by Gasteiger charge is -2.38. The standard InChI is InChI=1S/C24H35NO/c1-2-6-11-17-18(12-7-3-1)24-20(14-10-16-26-24)23-22(17)19-13-8-4-5-9-15-21(19)25-23/h10,14,17-19,21,25H,1-9,11-13,15-16H2. The molecule has 2 fully saturated rings. The van der Waals surface area contributed by atoms with Gasteiger partial charge in [0, 0.05) is 29.1 Å². The second kappa shape index (κ2) is 7.44. The fraction of sp³-hybridized carbons (Fsp3) is 0.750. The summed E-state index contributed by atoms with van der Waals surface area (Å²) in [5.74, 6) is 3.54. The average Bonchev–Trinajstić information content (AvgIpc) is 3.04. The molecule has 0 amide bonds. The first kappa shape index (κ1) is 17.0. The van der Waals surface area contributed by atoms with Crippen LogP contribution in [-0.2, 0) is 4.74 Å². The first-order valence-corrected chi connectivity index (χ1v) is 11.5. The molecule has 0 radical (unpaired) electrons. The van der Waals surface area contributed by atoms with Crippen molar-refractivity contribution in [1.29, 1.82) is 0 Å². The second-order valence-corrected chi connectivity index (χ2v) is 9.23. The summed E-state index contributed by atoms with van der Waals surface area (Å²) in [7, 11) is 0. The SMILES string of the molecule is C1=CC2=C(OC1)C1CCCCCCCC1C1=C2NC2CCCCCCC12. The van der Waals surface area contributed by atoms with Crippen molar-refractivity contribution < 1.29 is 4.74 Å². The molecule has 0 saturated heterocycles. The molecule has 0 aromatic heterocycles. The minimum atomic E-state index is 0.651. The van der Waals surface area contributed by atoms with Crippen LogP contribution in [-0.4, -0.2) is 12.6 Å². The number of hydrogen-bond acceptors (Lipinski definition) is 2. The molecule has 2 aliphatic heterocycles. The number of ether oxygens (including phenoxy) is 1. The predicted octanol–water partition coefficient (Wildman–Crippen LogP) is 6.01. The Hall–Kier alpha value is -1.18. The smallest absolute Gasteiger partial charge is 0.109 e. The van der Waals surface area contributed by atoms with Crippen LogP contribution in [0.25, 0.3) is 0 Å². The van der Waals surface area contributed by atoms with E-state index < -0.39 is 0 Å². The fourth-order valence-electron chi connectivity index (χ4n) is 6.50. The molecule has 5 aliphatic rings. The minimum Gasteiger partial charge on any atom is -0.493 e. The average molecular weight is 354 g/mol. The molecule has 5 rings (SSSR count). The Bertz CT molecular complexity index is 628. The summed E-state index contributed by atoms with van der Waals surface area (Å²) in [5.41, 5.74) is 4.77. The molecule has 3 aliphatic carbocycles. The highest BCUT2D eigenvalue weighted by atomic mass is 16.5. The molecule has 4 atom stereocenters. The molecule has 0 aromatic rings. The Morgan fingerprint density at radius 2 is 1.38 bits per heavy atom. The van der Waals surface area contributed by atoms with Crippen LogP contribution in [0.5, 0.6) is 0 Å². The van der Waals surface area contributed by atoms with Crippen LogP contribution in [0, 0.1) is 17.8 Å². The summed E-state index contributed by atoms with van der Waals surface area (Å²) in [6.07, 6.45) is 22.9. The summed E-state index contributed by atoms with van der Waals surface area (Å²) in [4.78, 5) is 0. The third kappa shape index (κ3) is 2.94. The molecule has 142 valence electrons.